The minimum absolute atomic E-state index is 0.152. The van der Waals surface area contributed by atoms with E-state index >= 15 is 0 Å². The Morgan fingerprint density at radius 2 is 2.14 bits per heavy atom. The van der Waals surface area contributed by atoms with E-state index in [2.05, 4.69) is 17.1 Å². The van der Waals surface area contributed by atoms with Crippen molar-refractivity contribution < 1.29 is 13.5 Å². The summed E-state index contributed by atoms with van der Waals surface area (Å²) in [6.07, 6.45) is 5.22. The Morgan fingerprint density at radius 3 is 2.81 bits per heavy atom. The molecule has 0 bridgehead atoms. The third-order valence-corrected chi connectivity index (χ3v) is 6.32. The van der Waals surface area contributed by atoms with E-state index in [9.17, 15) is 13.5 Å². The highest BCUT2D eigenvalue weighted by molar-refractivity contribution is 7.89. The molecule has 7 heteroatoms. The van der Waals surface area contributed by atoms with Gasteiger partial charge in [-0.3, -0.25) is 5.10 Å². The van der Waals surface area contributed by atoms with Crippen LogP contribution in [-0.4, -0.2) is 41.1 Å². The average molecular weight is 315 g/mol. The summed E-state index contributed by atoms with van der Waals surface area (Å²) >= 11 is 0. The van der Waals surface area contributed by atoms with Crippen LogP contribution < -0.4 is 0 Å². The number of H-pyrrole nitrogens is 1. The molecule has 0 aliphatic carbocycles. The zero-order valence-electron chi connectivity index (χ0n) is 12.8. The molecule has 1 fully saturated rings. The Labute approximate surface area is 126 Å². The first-order chi connectivity index (χ1) is 10.0. The smallest absolute Gasteiger partial charge is 0.246 e. The van der Waals surface area contributed by atoms with E-state index in [1.165, 1.54) is 6.42 Å². The fourth-order valence-corrected chi connectivity index (χ4v) is 4.94. The predicted octanol–water partition coefficient (Wildman–Crippen LogP) is 1.80. The van der Waals surface area contributed by atoms with Gasteiger partial charge in [0.15, 0.2) is 0 Å². The standard InChI is InChI=1S/C14H25N3O3S/c1-3-5-12-6-4-8-17(9-7-12)21(19,20)14-11(2)15-16-13(14)10-18/h12,18H,3-10H2,1-2H3,(H,15,16). The van der Waals surface area contributed by atoms with Crippen molar-refractivity contribution in [3.8, 4) is 0 Å². The molecule has 2 heterocycles. The maximum Gasteiger partial charge on any atom is 0.246 e. The number of aryl methyl sites for hydroxylation is 1. The molecule has 1 aromatic heterocycles. The van der Waals surface area contributed by atoms with Crippen LogP contribution >= 0.6 is 0 Å². The molecule has 1 aliphatic heterocycles. The van der Waals surface area contributed by atoms with E-state index < -0.39 is 10.0 Å². The SMILES string of the molecule is CCCC1CCCN(S(=O)(=O)c2c(CO)n[nH]c2C)CC1. The average Bonchev–Trinajstić information content (AvgIpc) is 2.67. The third kappa shape index (κ3) is 3.46. The summed E-state index contributed by atoms with van der Waals surface area (Å²) in [5.74, 6) is 0.623. The Morgan fingerprint density at radius 1 is 1.38 bits per heavy atom. The lowest BCUT2D eigenvalue weighted by Gasteiger charge is -2.20. The molecule has 0 spiro atoms. The van der Waals surface area contributed by atoms with E-state index in [-0.39, 0.29) is 17.2 Å². The summed E-state index contributed by atoms with van der Waals surface area (Å²) in [6.45, 7) is 4.59. The molecule has 1 atom stereocenters. The number of hydrogen-bond donors (Lipinski definition) is 2. The maximum absolute atomic E-state index is 12.8. The van der Waals surface area contributed by atoms with Crippen LogP contribution in [0, 0.1) is 12.8 Å². The molecule has 1 unspecified atom stereocenters. The number of rotatable bonds is 5. The molecule has 21 heavy (non-hydrogen) atoms. The second kappa shape index (κ2) is 6.89. The highest BCUT2D eigenvalue weighted by Crippen LogP contribution is 2.28. The van der Waals surface area contributed by atoms with Crippen molar-refractivity contribution in [1.82, 2.24) is 14.5 Å². The van der Waals surface area contributed by atoms with Gasteiger partial charge in [0, 0.05) is 13.1 Å². The number of aliphatic hydroxyl groups excluding tert-OH is 1. The van der Waals surface area contributed by atoms with Crippen molar-refractivity contribution in [1.29, 1.82) is 0 Å². The molecule has 2 N–H and O–H groups in total. The van der Waals surface area contributed by atoms with Crippen molar-refractivity contribution in [3.63, 3.8) is 0 Å². The van der Waals surface area contributed by atoms with Crippen molar-refractivity contribution in [2.75, 3.05) is 13.1 Å². The van der Waals surface area contributed by atoms with Gasteiger partial charge in [0.05, 0.1) is 12.3 Å². The van der Waals surface area contributed by atoms with Gasteiger partial charge in [0.2, 0.25) is 10.0 Å². The largest absolute Gasteiger partial charge is 0.390 e. The van der Waals surface area contributed by atoms with E-state index in [0.29, 0.717) is 24.7 Å². The second-order valence-corrected chi connectivity index (χ2v) is 7.65. The molecule has 120 valence electrons. The van der Waals surface area contributed by atoms with E-state index in [0.717, 1.165) is 25.7 Å². The predicted molar refractivity (Wildman–Crippen MR) is 80.3 cm³/mol. The van der Waals surface area contributed by atoms with Gasteiger partial charge < -0.3 is 5.11 Å². The Kier molecular flexibility index (Phi) is 5.40. The fourth-order valence-electron chi connectivity index (χ4n) is 3.12. The molecule has 0 radical (unpaired) electrons. The van der Waals surface area contributed by atoms with Gasteiger partial charge in [-0.05, 0) is 32.1 Å². The van der Waals surface area contributed by atoms with Crippen molar-refractivity contribution in [2.24, 2.45) is 5.92 Å². The summed E-state index contributed by atoms with van der Waals surface area (Å²) in [7, 11) is -3.57. The summed E-state index contributed by atoms with van der Waals surface area (Å²) < 4.78 is 27.2. The van der Waals surface area contributed by atoms with Crippen LogP contribution in [0.5, 0.6) is 0 Å². The Bertz CT molecular complexity index is 568. The number of hydrogen-bond acceptors (Lipinski definition) is 4. The minimum atomic E-state index is -3.57. The van der Waals surface area contributed by atoms with Crippen LogP contribution in [-0.2, 0) is 16.6 Å². The van der Waals surface area contributed by atoms with Gasteiger partial charge in [-0.15, -0.1) is 0 Å². The number of sulfonamides is 1. The molecular formula is C14H25N3O3S. The zero-order chi connectivity index (χ0) is 15.5. The number of aliphatic hydroxyl groups is 1. The first-order valence-electron chi connectivity index (χ1n) is 7.65. The van der Waals surface area contributed by atoms with Crippen LogP contribution in [0.3, 0.4) is 0 Å². The molecular weight excluding hydrogens is 290 g/mol. The van der Waals surface area contributed by atoms with Crippen LogP contribution in [0.25, 0.3) is 0 Å². The van der Waals surface area contributed by atoms with Crippen molar-refractivity contribution in [3.05, 3.63) is 11.4 Å². The summed E-state index contributed by atoms with van der Waals surface area (Å²) in [6, 6.07) is 0. The quantitative estimate of drug-likeness (QED) is 0.867. The summed E-state index contributed by atoms with van der Waals surface area (Å²) in [4.78, 5) is 0.152. The van der Waals surface area contributed by atoms with Gasteiger partial charge in [-0.1, -0.05) is 19.8 Å². The second-order valence-electron chi connectivity index (χ2n) is 5.77. The molecule has 0 amide bonds. The minimum Gasteiger partial charge on any atom is -0.390 e. The van der Waals surface area contributed by atoms with Gasteiger partial charge in [0.25, 0.3) is 0 Å². The molecule has 6 nitrogen and oxygen atoms in total. The van der Waals surface area contributed by atoms with Crippen molar-refractivity contribution >= 4 is 10.0 Å². The lowest BCUT2D eigenvalue weighted by Crippen LogP contribution is -2.33. The topological polar surface area (TPSA) is 86.3 Å². The Balaban J connectivity index is 2.21. The molecule has 2 rings (SSSR count). The first-order valence-corrected chi connectivity index (χ1v) is 9.09. The highest BCUT2D eigenvalue weighted by atomic mass is 32.2. The monoisotopic (exact) mass is 315 g/mol. The Hall–Kier alpha value is -0.920. The molecule has 1 aliphatic rings. The normalized spacial score (nSPS) is 21.4. The van der Waals surface area contributed by atoms with Gasteiger partial charge in [-0.25, -0.2) is 8.42 Å². The third-order valence-electron chi connectivity index (χ3n) is 4.21. The number of nitrogens with zero attached hydrogens (tertiary/aromatic N) is 2. The summed E-state index contributed by atoms with van der Waals surface area (Å²) in [5.41, 5.74) is 0.704. The fraction of sp³-hybridized carbons (Fsp3) is 0.786. The lowest BCUT2D eigenvalue weighted by molar-refractivity contribution is 0.273. The molecule has 1 aromatic rings. The molecule has 0 saturated carbocycles. The lowest BCUT2D eigenvalue weighted by atomic mass is 9.96. The van der Waals surface area contributed by atoms with E-state index in [1.54, 1.807) is 11.2 Å². The van der Waals surface area contributed by atoms with Gasteiger partial charge in [0.1, 0.15) is 10.6 Å². The maximum atomic E-state index is 12.8. The van der Waals surface area contributed by atoms with Crippen LogP contribution in [0.1, 0.15) is 50.4 Å². The zero-order valence-corrected chi connectivity index (χ0v) is 13.6. The number of nitrogens with one attached hydrogen (secondary N) is 1. The van der Waals surface area contributed by atoms with Crippen molar-refractivity contribution in [2.45, 2.75) is 57.5 Å². The van der Waals surface area contributed by atoms with Gasteiger partial charge >= 0.3 is 0 Å². The van der Waals surface area contributed by atoms with Crippen LogP contribution in [0.15, 0.2) is 4.90 Å². The van der Waals surface area contributed by atoms with Crippen LogP contribution in [0.2, 0.25) is 0 Å². The number of aromatic amines is 1. The highest BCUT2D eigenvalue weighted by Gasteiger charge is 2.32. The number of aromatic nitrogens is 2. The molecule has 0 aromatic carbocycles. The van der Waals surface area contributed by atoms with E-state index in [4.69, 9.17) is 0 Å². The first kappa shape index (κ1) is 16.5. The summed E-state index contributed by atoms with van der Waals surface area (Å²) in [5, 5.41) is 15.8. The van der Waals surface area contributed by atoms with Crippen LogP contribution in [0.4, 0.5) is 0 Å². The van der Waals surface area contributed by atoms with E-state index in [1.807, 2.05) is 0 Å². The molecule has 1 saturated heterocycles. The van der Waals surface area contributed by atoms with Gasteiger partial charge in [-0.2, -0.15) is 9.40 Å².